The van der Waals surface area contributed by atoms with Crippen molar-refractivity contribution in [1.29, 1.82) is 0 Å². The van der Waals surface area contributed by atoms with E-state index in [1.165, 1.54) is 6.08 Å². The average molecular weight is 305 g/mol. The first-order valence-electron chi connectivity index (χ1n) is 6.22. The maximum absolute atomic E-state index is 12.2. The van der Waals surface area contributed by atoms with Crippen LogP contribution in [0, 0.1) is 13.8 Å². The zero-order chi connectivity index (χ0) is 14.7. The Labute approximate surface area is 128 Å². The number of hydrogen-bond acceptors (Lipinski definition) is 1. The SMILES string of the molecule is Cc1ccc(C(=O)/C=C/c2cccc(Cl)c2Cl)c(C)c1. The molecule has 1 nitrogen and oxygen atoms in total. The van der Waals surface area contributed by atoms with Gasteiger partial charge in [0.05, 0.1) is 10.0 Å². The van der Waals surface area contributed by atoms with Crippen LogP contribution in [0.5, 0.6) is 0 Å². The summed E-state index contributed by atoms with van der Waals surface area (Å²) >= 11 is 12.0. The van der Waals surface area contributed by atoms with Crippen LogP contribution in [0.1, 0.15) is 27.0 Å². The Morgan fingerprint density at radius 2 is 1.85 bits per heavy atom. The Balaban J connectivity index is 2.27. The lowest BCUT2D eigenvalue weighted by atomic mass is 10.0. The van der Waals surface area contributed by atoms with Gasteiger partial charge in [0.1, 0.15) is 0 Å². The van der Waals surface area contributed by atoms with Gasteiger partial charge in [0, 0.05) is 5.56 Å². The van der Waals surface area contributed by atoms with Crippen molar-refractivity contribution >= 4 is 35.1 Å². The largest absolute Gasteiger partial charge is 0.289 e. The van der Waals surface area contributed by atoms with Crippen molar-refractivity contribution in [2.24, 2.45) is 0 Å². The third-order valence-electron chi connectivity index (χ3n) is 3.04. The van der Waals surface area contributed by atoms with Gasteiger partial charge in [-0.1, -0.05) is 59.1 Å². The summed E-state index contributed by atoms with van der Waals surface area (Å²) in [6.45, 7) is 3.93. The van der Waals surface area contributed by atoms with Gasteiger partial charge in [-0.2, -0.15) is 0 Å². The van der Waals surface area contributed by atoms with Gasteiger partial charge < -0.3 is 0 Å². The fraction of sp³-hybridized carbons (Fsp3) is 0.118. The molecular weight excluding hydrogens is 291 g/mol. The van der Waals surface area contributed by atoms with E-state index in [2.05, 4.69) is 0 Å². The van der Waals surface area contributed by atoms with E-state index in [0.29, 0.717) is 15.6 Å². The number of aryl methyl sites for hydroxylation is 2. The maximum Gasteiger partial charge on any atom is 0.186 e. The summed E-state index contributed by atoms with van der Waals surface area (Å²) in [4.78, 5) is 12.2. The molecule has 3 heteroatoms. The molecule has 0 amide bonds. The molecule has 20 heavy (non-hydrogen) atoms. The van der Waals surface area contributed by atoms with Crippen molar-refractivity contribution in [3.05, 3.63) is 74.8 Å². The molecule has 0 bridgehead atoms. The third-order valence-corrected chi connectivity index (χ3v) is 3.88. The number of ketones is 1. The highest BCUT2D eigenvalue weighted by atomic mass is 35.5. The van der Waals surface area contributed by atoms with Crippen LogP contribution in [0.25, 0.3) is 6.08 Å². The zero-order valence-electron chi connectivity index (χ0n) is 11.3. The summed E-state index contributed by atoms with van der Waals surface area (Å²) in [5.74, 6) is -0.0430. The smallest absolute Gasteiger partial charge is 0.186 e. The number of allylic oxidation sites excluding steroid dienone is 1. The second kappa shape index (κ2) is 6.25. The molecule has 0 aromatic heterocycles. The van der Waals surface area contributed by atoms with Crippen LogP contribution >= 0.6 is 23.2 Å². The van der Waals surface area contributed by atoms with Crippen molar-refractivity contribution in [1.82, 2.24) is 0 Å². The number of carbonyl (C=O) groups excluding carboxylic acids is 1. The molecule has 0 fully saturated rings. The molecule has 0 saturated carbocycles. The molecule has 0 saturated heterocycles. The predicted molar refractivity (Wildman–Crippen MR) is 85.7 cm³/mol. The van der Waals surface area contributed by atoms with Crippen LogP contribution in [0.3, 0.4) is 0 Å². The second-order valence-corrected chi connectivity index (χ2v) is 5.44. The van der Waals surface area contributed by atoms with E-state index < -0.39 is 0 Å². The molecule has 0 N–H and O–H groups in total. The van der Waals surface area contributed by atoms with E-state index in [1.54, 1.807) is 18.2 Å². The normalized spacial score (nSPS) is 11.0. The lowest BCUT2D eigenvalue weighted by Gasteiger charge is -2.03. The molecular formula is C17H14Cl2O. The van der Waals surface area contributed by atoms with Crippen molar-refractivity contribution in [2.75, 3.05) is 0 Å². The van der Waals surface area contributed by atoms with Crippen molar-refractivity contribution in [3.63, 3.8) is 0 Å². The molecule has 0 aliphatic carbocycles. The van der Waals surface area contributed by atoms with Crippen LogP contribution in [-0.2, 0) is 0 Å². The fourth-order valence-electron chi connectivity index (χ4n) is 1.99. The monoisotopic (exact) mass is 304 g/mol. The fourth-order valence-corrected chi connectivity index (χ4v) is 2.37. The molecule has 102 valence electrons. The Hall–Kier alpha value is -1.57. The van der Waals surface area contributed by atoms with Crippen LogP contribution in [-0.4, -0.2) is 5.78 Å². The highest BCUT2D eigenvalue weighted by molar-refractivity contribution is 6.42. The molecule has 0 unspecified atom stereocenters. The molecule has 0 aliphatic rings. The molecule has 0 heterocycles. The van der Waals surface area contributed by atoms with E-state index in [1.807, 2.05) is 38.1 Å². The molecule has 0 spiro atoms. The van der Waals surface area contributed by atoms with Gasteiger partial charge in [-0.3, -0.25) is 4.79 Å². The summed E-state index contributed by atoms with van der Waals surface area (Å²) in [7, 11) is 0. The molecule has 0 aliphatic heterocycles. The first kappa shape index (κ1) is 14.8. The summed E-state index contributed by atoms with van der Waals surface area (Å²) < 4.78 is 0. The van der Waals surface area contributed by atoms with E-state index in [-0.39, 0.29) is 5.78 Å². The van der Waals surface area contributed by atoms with Crippen LogP contribution < -0.4 is 0 Å². The number of rotatable bonds is 3. The summed E-state index contributed by atoms with van der Waals surface area (Å²) in [6, 6.07) is 11.1. The van der Waals surface area contributed by atoms with E-state index in [9.17, 15) is 4.79 Å². The van der Waals surface area contributed by atoms with Crippen LogP contribution in [0.2, 0.25) is 10.0 Å². The Morgan fingerprint density at radius 1 is 1.10 bits per heavy atom. The van der Waals surface area contributed by atoms with Gasteiger partial charge in [0.15, 0.2) is 5.78 Å². The third kappa shape index (κ3) is 3.30. The minimum Gasteiger partial charge on any atom is -0.289 e. The average Bonchev–Trinajstić information content (AvgIpc) is 2.40. The molecule has 2 aromatic rings. The first-order chi connectivity index (χ1) is 9.49. The number of benzene rings is 2. The molecule has 0 atom stereocenters. The lowest BCUT2D eigenvalue weighted by Crippen LogP contribution is -1.98. The lowest BCUT2D eigenvalue weighted by molar-refractivity contribution is 0.104. The Kier molecular flexibility index (Phi) is 4.64. The van der Waals surface area contributed by atoms with Crippen molar-refractivity contribution in [2.45, 2.75) is 13.8 Å². The predicted octanol–water partition coefficient (Wildman–Crippen LogP) is 5.51. The topological polar surface area (TPSA) is 17.1 Å². The minimum absolute atomic E-state index is 0.0430. The standard InChI is InChI=1S/C17H14Cl2O/c1-11-6-8-14(12(2)10-11)16(20)9-7-13-4-3-5-15(18)17(13)19/h3-10H,1-2H3/b9-7+. The van der Waals surface area contributed by atoms with E-state index >= 15 is 0 Å². The minimum atomic E-state index is -0.0430. The summed E-state index contributed by atoms with van der Waals surface area (Å²) in [5.41, 5.74) is 3.54. The van der Waals surface area contributed by atoms with Gasteiger partial charge >= 0.3 is 0 Å². The second-order valence-electron chi connectivity index (χ2n) is 4.66. The highest BCUT2D eigenvalue weighted by Crippen LogP contribution is 2.26. The number of halogens is 2. The van der Waals surface area contributed by atoms with E-state index in [4.69, 9.17) is 23.2 Å². The highest BCUT2D eigenvalue weighted by Gasteiger charge is 2.06. The van der Waals surface area contributed by atoms with Crippen molar-refractivity contribution < 1.29 is 4.79 Å². The van der Waals surface area contributed by atoms with E-state index in [0.717, 1.165) is 16.7 Å². The first-order valence-corrected chi connectivity index (χ1v) is 6.98. The quantitative estimate of drug-likeness (QED) is 0.540. The van der Waals surface area contributed by atoms with Crippen LogP contribution in [0.4, 0.5) is 0 Å². The molecule has 0 radical (unpaired) electrons. The van der Waals surface area contributed by atoms with Crippen molar-refractivity contribution in [3.8, 4) is 0 Å². The van der Waals surface area contributed by atoms with Gasteiger partial charge in [-0.05, 0) is 43.2 Å². The molecule has 2 rings (SSSR count). The van der Waals surface area contributed by atoms with Gasteiger partial charge in [0.2, 0.25) is 0 Å². The van der Waals surface area contributed by atoms with Crippen LogP contribution in [0.15, 0.2) is 42.5 Å². The number of hydrogen-bond donors (Lipinski definition) is 0. The maximum atomic E-state index is 12.2. The van der Waals surface area contributed by atoms with Gasteiger partial charge in [0.25, 0.3) is 0 Å². The van der Waals surface area contributed by atoms with Gasteiger partial charge in [-0.25, -0.2) is 0 Å². The zero-order valence-corrected chi connectivity index (χ0v) is 12.8. The Morgan fingerprint density at radius 3 is 2.55 bits per heavy atom. The number of carbonyl (C=O) groups is 1. The molecule has 2 aromatic carbocycles. The summed E-state index contributed by atoms with van der Waals surface area (Å²) in [6.07, 6.45) is 3.21. The Bertz CT molecular complexity index is 687. The summed E-state index contributed by atoms with van der Waals surface area (Å²) in [5, 5.41) is 0.937. The van der Waals surface area contributed by atoms with Gasteiger partial charge in [-0.15, -0.1) is 0 Å².